The number of aliphatic carboxylic acids is 1. The number of rotatable bonds is 11. The van der Waals surface area contributed by atoms with Crippen LogP contribution in [0.5, 0.6) is 0 Å². The molecule has 0 aliphatic rings. The van der Waals surface area contributed by atoms with Crippen LogP contribution in [0.25, 0.3) is 21.9 Å². The van der Waals surface area contributed by atoms with E-state index in [4.69, 9.17) is 5.11 Å². The maximum atomic E-state index is 13.7. The number of nitrogens with one attached hydrogen (secondary N) is 1. The zero-order chi connectivity index (χ0) is 28.1. The van der Waals surface area contributed by atoms with Crippen molar-refractivity contribution in [2.24, 2.45) is 0 Å². The minimum atomic E-state index is -1.12. The molecule has 4 N–H and O–H groups in total. The van der Waals surface area contributed by atoms with Gasteiger partial charge >= 0.3 is 5.97 Å². The number of nitrogens with zero attached hydrogens (tertiary/aromatic N) is 2. The maximum absolute atomic E-state index is 13.7. The Labute approximate surface area is 228 Å². The SMILES string of the molecule is CCc1c(-c2ccc3ccccc3c2)c(C(=O)Nc2ccc(C)cn2)c(C)n1CC[C@@H](O)C[C@@H](O)CC(=O)O. The zero-order valence-corrected chi connectivity index (χ0v) is 22.5. The second-order valence-corrected chi connectivity index (χ2v) is 9.95. The standard InChI is InChI=1S/C31H35N3O5/c1-4-26-30(23-11-10-21-7-5-6-8-22(21)15-23)29(31(39)33-27-12-9-19(2)18-32-27)20(3)34(26)14-13-24(35)16-25(36)17-28(37)38/h5-12,15,18,24-25,35-36H,4,13-14,16-17H2,1-3H3,(H,37,38)(H,32,33,39)/t24-,25-/m1/s1. The number of pyridine rings is 1. The Morgan fingerprint density at radius 1 is 1.00 bits per heavy atom. The predicted molar refractivity (Wildman–Crippen MR) is 152 cm³/mol. The Kier molecular flexibility index (Phi) is 8.79. The lowest BCUT2D eigenvalue weighted by atomic mass is 9.96. The first kappa shape index (κ1) is 28.0. The minimum Gasteiger partial charge on any atom is -0.481 e. The van der Waals surface area contributed by atoms with Crippen LogP contribution in [0.1, 0.15) is 53.5 Å². The van der Waals surface area contributed by atoms with Crippen LogP contribution in [0.4, 0.5) is 5.82 Å². The van der Waals surface area contributed by atoms with Crippen molar-refractivity contribution >= 4 is 28.5 Å². The van der Waals surface area contributed by atoms with Crippen molar-refractivity contribution in [3.8, 4) is 11.1 Å². The highest BCUT2D eigenvalue weighted by molar-refractivity contribution is 6.10. The quantitative estimate of drug-likeness (QED) is 0.214. The first-order valence-corrected chi connectivity index (χ1v) is 13.2. The van der Waals surface area contributed by atoms with Crippen LogP contribution in [0.2, 0.25) is 0 Å². The molecular weight excluding hydrogens is 494 g/mol. The van der Waals surface area contributed by atoms with Gasteiger partial charge in [0.1, 0.15) is 5.82 Å². The Balaban J connectivity index is 1.73. The fourth-order valence-electron chi connectivity index (χ4n) is 5.12. The third-order valence-corrected chi connectivity index (χ3v) is 7.02. The zero-order valence-electron chi connectivity index (χ0n) is 22.5. The smallest absolute Gasteiger partial charge is 0.305 e. The van der Waals surface area contributed by atoms with Crippen LogP contribution in [-0.2, 0) is 17.8 Å². The molecule has 4 aromatic rings. The van der Waals surface area contributed by atoms with E-state index in [0.717, 1.165) is 38.9 Å². The third kappa shape index (κ3) is 6.53. The number of hydrogen-bond donors (Lipinski definition) is 4. The van der Waals surface area contributed by atoms with Gasteiger partial charge in [-0.05, 0) is 67.1 Å². The molecule has 0 saturated carbocycles. The lowest BCUT2D eigenvalue weighted by Gasteiger charge is -2.17. The van der Waals surface area contributed by atoms with Gasteiger partial charge in [-0.3, -0.25) is 9.59 Å². The first-order chi connectivity index (χ1) is 18.7. The summed E-state index contributed by atoms with van der Waals surface area (Å²) in [5.74, 6) is -0.913. The van der Waals surface area contributed by atoms with Crippen LogP contribution in [0.3, 0.4) is 0 Å². The average molecular weight is 530 g/mol. The number of aryl methyl sites for hydroxylation is 1. The van der Waals surface area contributed by atoms with E-state index in [-0.39, 0.29) is 12.3 Å². The number of aromatic nitrogens is 2. The highest BCUT2D eigenvalue weighted by Gasteiger charge is 2.26. The normalized spacial score (nSPS) is 12.8. The molecule has 0 unspecified atom stereocenters. The van der Waals surface area contributed by atoms with Crippen LogP contribution in [0, 0.1) is 13.8 Å². The number of aliphatic hydroxyl groups excluding tert-OH is 2. The van der Waals surface area contributed by atoms with Gasteiger partial charge in [0.15, 0.2) is 0 Å². The molecule has 0 aliphatic heterocycles. The van der Waals surface area contributed by atoms with Gasteiger partial charge in [-0.15, -0.1) is 0 Å². The fourth-order valence-corrected chi connectivity index (χ4v) is 5.12. The van der Waals surface area contributed by atoms with Gasteiger partial charge in [-0.25, -0.2) is 4.98 Å². The number of anilines is 1. The fraction of sp³-hybridized carbons (Fsp3) is 0.323. The van der Waals surface area contributed by atoms with E-state index in [1.54, 1.807) is 12.3 Å². The maximum Gasteiger partial charge on any atom is 0.305 e. The number of carbonyl (C=O) groups excluding carboxylic acids is 1. The first-order valence-electron chi connectivity index (χ1n) is 13.2. The van der Waals surface area contributed by atoms with Crippen molar-refractivity contribution in [3.63, 3.8) is 0 Å². The van der Waals surface area contributed by atoms with Crippen LogP contribution in [-0.4, -0.2) is 49.0 Å². The van der Waals surface area contributed by atoms with E-state index >= 15 is 0 Å². The van der Waals surface area contributed by atoms with E-state index < -0.39 is 24.6 Å². The second kappa shape index (κ2) is 12.2. The summed E-state index contributed by atoms with van der Waals surface area (Å²) in [5, 5.41) is 34.5. The number of amides is 1. The van der Waals surface area contributed by atoms with Crippen molar-refractivity contribution in [1.29, 1.82) is 0 Å². The molecule has 4 rings (SSSR count). The Hall–Kier alpha value is -4.01. The summed E-state index contributed by atoms with van der Waals surface area (Å²) in [6.45, 7) is 6.27. The van der Waals surface area contributed by atoms with Crippen molar-refractivity contribution in [3.05, 3.63) is 83.3 Å². The number of aliphatic hydroxyl groups is 2. The molecule has 8 heteroatoms. The summed E-state index contributed by atoms with van der Waals surface area (Å²) in [4.78, 5) is 29.0. The Morgan fingerprint density at radius 2 is 1.74 bits per heavy atom. The molecule has 0 spiro atoms. The minimum absolute atomic E-state index is 0.0297. The number of carbonyl (C=O) groups is 2. The van der Waals surface area contributed by atoms with Crippen LogP contribution >= 0.6 is 0 Å². The molecule has 8 nitrogen and oxygen atoms in total. The Morgan fingerprint density at radius 3 is 2.41 bits per heavy atom. The van der Waals surface area contributed by atoms with E-state index in [1.165, 1.54) is 0 Å². The van der Waals surface area contributed by atoms with Gasteiger partial charge < -0.3 is 25.2 Å². The van der Waals surface area contributed by atoms with E-state index in [9.17, 15) is 19.8 Å². The number of benzene rings is 2. The lowest BCUT2D eigenvalue weighted by molar-refractivity contribution is -0.139. The largest absolute Gasteiger partial charge is 0.481 e. The van der Waals surface area contributed by atoms with Crippen LogP contribution in [0.15, 0.2) is 60.8 Å². The number of fused-ring (bicyclic) bond motifs is 1. The van der Waals surface area contributed by atoms with E-state index in [1.807, 2.05) is 63.2 Å². The van der Waals surface area contributed by atoms with E-state index in [2.05, 4.69) is 20.9 Å². The molecular formula is C31H35N3O5. The van der Waals surface area contributed by atoms with Gasteiger partial charge in [-0.2, -0.15) is 0 Å². The van der Waals surface area contributed by atoms with Crippen molar-refractivity contribution < 1.29 is 24.9 Å². The van der Waals surface area contributed by atoms with Gasteiger partial charge in [-0.1, -0.05) is 49.4 Å². The summed E-state index contributed by atoms with van der Waals surface area (Å²) in [6.07, 6.45) is 0.208. The average Bonchev–Trinajstić information content (AvgIpc) is 3.19. The third-order valence-electron chi connectivity index (χ3n) is 7.02. The van der Waals surface area contributed by atoms with Crippen molar-refractivity contribution in [1.82, 2.24) is 9.55 Å². The van der Waals surface area contributed by atoms with Gasteiger partial charge in [0.05, 0.1) is 24.2 Å². The van der Waals surface area contributed by atoms with Gasteiger partial charge in [0, 0.05) is 29.7 Å². The molecule has 0 saturated heterocycles. The molecule has 0 radical (unpaired) electrons. The topological polar surface area (TPSA) is 125 Å². The molecule has 39 heavy (non-hydrogen) atoms. The molecule has 1 amide bonds. The molecule has 0 fully saturated rings. The van der Waals surface area contributed by atoms with Crippen molar-refractivity contribution in [2.45, 2.75) is 65.2 Å². The molecule has 2 atom stereocenters. The van der Waals surface area contributed by atoms with Gasteiger partial charge in [0.2, 0.25) is 0 Å². The van der Waals surface area contributed by atoms with Crippen molar-refractivity contribution in [2.75, 3.05) is 5.32 Å². The van der Waals surface area contributed by atoms with Gasteiger partial charge in [0.25, 0.3) is 5.91 Å². The molecule has 2 aromatic carbocycles. The monoisotopic (exact) mass is 529 g/mol. The summed E-state index contributed by atoms with van der Waals surface area (Å²) in [6, 6.07) is 17.9. The molecule has 0 bridgehead atoms. The molecule has 2 heterocycles. The summed E-state index contributed by atoms with van der Waals surface area (Å²) in [7, 11) is 0. The molecule has 2 aromatic heterocycles. The summed E-state index contributed by atoms with van der Waals surface area (Å²) >= 11 is 0. The van der Waals surface area contributed by atoms with Crippen LogP contribution < -0.4 is 5.32 Å². The molecule has 0 aliphatic carbocycles. The number of carboxylic acid groups (broad SMARTS) is 1. The van der Waals surface area contributed by atoms with E-state index in [0.29, 0.717) is 30.8 Å². The Bertz CT molecular complexity index is 1480. The number of carboxylic acids is 1. The summed E-state index contributed by atoms with van der Waals surface area (Å²) in [5.41, 5.74) is 5.02. The summed E-state index contributed by atoms with van der Waals surface area (Å²) < 4.78 is 2.05. The second-order valence-electron chi connectivity index (χ2n) is 9.95. The predicted octanol–water partition coefficient (Wildman–Crippen LogP) is 5.11. The highest BCUT2D eigenvalue weighted by atomic mass is 16.4. The molecule has 204 valence electrons. The highest BCUT2D eigenvalue weighted by Crippen LogP contribution is 2.36. The number of hydrogen-bond acceptors (Lipinski definition) is 5. The lowest BCUT2D eigenvalue weighted by Crippen LogP contribution is -2.22.